The van der Waals surface area contributed by atoms with Crippen LogP contribution in [0, 0.1) is 0 Å². The number of carbonyl (C=O) groups excluding carboxylic acids is 1. The Labute approximate surface area is 110 Å². The van der Waals surface area contributed by atoms with Gasteiger partial charge in [0.2, 0.25) is 0 Å². The molecule has 3 N–H and O–H groups in total. The van der Waals surface area contributed by atoms with Crippen LogP contribution in [0.3, 0.4) is 0 Å². The topological polar surface area (TPSA) is 93.9 Å². The molecule has 0 radical (unpaired) electrons. The SMILES string of the molecule is NC(=O)c1n[nH]nc1-c1cc(Cl)ccc1OC(F)F. The number of halogens is 3. The number of carbonyl (C=O) groups is 1. The first-order valence-electron chi connectivity index (χ1n) is 4.94. The van der Waals surface area contributed by atoms with E-state index in [0.717, 1.165) is 0 Å². The van der Waals surface area contributed by atoms with E-state index in [2.05, 4.69) is 20.1 Å². The Morgan fingerprint density at radius 3 is 2.79 bits per heavy atom. The maximum Gasteiger partial charge on any atom is 0.387 e. The number of amides is 1. The van der Waals surface area contributed by atoms with Crippen LogP contribution in [0.25, 0.3) is 11.3 Å². The zero-order valence-corrected chi connectivity index (χ0v) is 9.99. The van der Waals surface area contributed by atoms with E-state index >= 15 is 0 Å². The quantitative estimate of drug-likeness (QED) is 0.897. The van der Waals surface area contributed by atoms with Gasteiger partial charge < -0.3 is 10.5 Å². The second-order valence-corrected chi connectivity index (χ2v) is 3.84. The summed E-state index contributed by atoms with van der Waals surface area (Å²) in [6.07, 6.45) is 0. The van der Waals surface area contributed by atoms with Gasteiger partial charge in [-0.1, -0.05) is 11.6 Å². The van der Waals surface area contributed by atoms with Crippen molar-refractivity contribution in [2.75, 3.05) is 0 Å². The van der Waals surface area contributed by atoms with Gasteiger partial charge in [0.15, 0.2) is 5.69 Å². The molecule has 1 heterocycles. The van der Waals surface area contributed by atoms with E-state index in [1.54, 1.807) is 0 Å². The minimum atomic E-state index is -3.02. The van der Waals surface area contributed by atoms with Crippen molar-refractivity contribution in [2.45, 2.75) is 6.61 Å². The Bertz CT molecular complexity index is 617. The lowest BCUT2D eigenvalue weighted by Crippen LogP contribution is -2.13. The Balaban J connectivity index is 2.56. The largest absolute Gasteiger partial charge is 0.434 e. The molecule has 1 amide bonds. The summed E-state index contributed by atoms with van der Waals surface area (Å²) < 4.78 is 29.0. The summed E-state index contributed by atoms with van der Waals surface area (Å²) in [7, 11) is 0. The van der Waals surface area contributed by atoms with E-state index in [0.29, 0.717) is 0 Å². The minimum absolute atomic E-state index is 0.00866. The van der Waals surface area contributed by atoms with Gasteiger partial charge in [0, 0.05) is 10.6 Å². The molecule has 0 saturated carbocycles. The van der Waals surface area contributed by atoms with E-state index in [4.69, 9.17) is 17.3 Å². The summed E-state index contributed by atoms with van der Waals surface area (Å²) >= 11 is 5.78. The lowest BCUT2D eigenvalue weighted by Gasteiger charge is -2.09. The number of ether oxygens (including phenoxy) is 1. The third-order valence-corrected chi connectivity index (χ3v) is 2.43. The molecule has 0 saturated heterocycles. The van der Waals surface area contributed by atoms with Gasteiger partial charge in [0.25, 0.3) is 5.91 Å². The zero-order valence-electron chi connectivity index (χ0n) is 9.23. The Hall–Kier alpha value is -2.22. The van der Waals surface area contributed by atoms with Crippen LogP contribution in [-0.2, 0) is 0 Å². The molecule has 1 aromatic heterocycles. The molecule has 0 spiro atoms. The zero-order chi connectivity index (χ0) is 14.0. The summed E-state index contributed by atoms with van der Waals surface area (Å²) in [4.78, 5) is 11.2. The second kappa shape index (κ2) is 5.19. The smallest absolute Gasteiger partial charge is 0.387 e. The molecule has 0 fully saturated rings. The first-order valence-corrected chi connectivity index (χ1v) is 5.32. The number of nitrogens with zero attached hydrogens (tertiary/aromatic N) is 2. The predicted octanol–water partition coefficient (Wildman–Crippen LogP) is 1.83. The number of nitrogens with two attached hydrogens (primary N) is 1. The number of rotatable bonds is 4. The van der Waals surface area contributed by atoms with Crippen molar-refractivity contribution in [3.8, 4) is 17.0 Å². The van der Waals surface area contributed by atoms with Gasteiger partial charge in [0.05, 0.1) is 0 Å². The molecule has 1 aromatic carbocycles. The molecule has 0 aliphatic rings. The average molecular weight is 289 g/mol. The molecule has 0 bridgehead atoms. The number of aromatic nitrogens is 3. The lowest BCUT2D eigenvalue weighted by molar-refractivity contribution is -0.0494. The van der Waals surface area contributed by atoms with Crippen molar-refractivity contribution in [3.05, 3.63) is 28.9 Å². The Morgan fingerprint density at radius 1 is 1.42 bits per heavy atom. The second-order valence-electron chi connectivity index (χ2n) is 3.40. The standard InChI is InChI=1S/C10H7ClF2N4O2/c11-4-1-2-6(19-10(12)13)5(3-4)7-8(9(14)18)16-17-15-7/h1-3,10H,(H2,14,18)(H,15,16,17). The highest BCUT2D eigenvalue weighted by molar-refractivity contribution is 6.31. The number of hydrogen-bond donors (Lipinski definition) is 2. The molecule has 100 valence electrons. The van der Waals surface area contributed by atoms with Gasteiger partial charge in [-0.15, -0.1) is 0 Å². The van der Waals surface area contributed by atoms with Crippen molar-refractivity contribution >= 4 is 17.5 Å². The van der Waals surface area contributed by atoms with Gasteiger partial charge in [-0.3, -0.25) is 4.79 Å². The van der Waals surface area contributed by atoms with Crippen LogP contribution in [0.5, 0.6) is 5.75 Å². The van der Waals surface area contributed by atoms with Crippen molar-refractivity contribution in [2.24, 2.45) is 5.73 Å². The van der Waals surface area contributed by atoms with Crippen LogP contribution >= 0.6 is 11.6 Å². The van der Waals surface area contributed by atoms with Crippen molar-refractivity contribution < 1.29 is 18.3 Å². The van der Waals surface area contributed by atoms with Crippen LogP contribution in [-0.4, -0.2) is 27.9 Å². The molecular formula is C10H7ClF2N4O2. The van der Waals surface area contributed by atoms with Gasteiger partial charge in [-0.05, 0) is 18.2 Å². The molecule has 9 heteroatoms. The fourth-order valence-electron chi connectivity index (χ4n) is 1.48. The van der Waals surface area contributed by atoms with Gasteiger partial charge in [0.1, 0.15) is 11.4 Å². The molecule has 0 atom stereocenters. The predicted molar refractivity (Wildman–Crippen MR) is 62.0 cm³/mol. The molecule has 2 aromatic rings. The maximum atomic E-state index is 12.3. The highest BCUT2D eigenvalue weighted by atomic mass is 35.5. The van der Waals surface area contributed by atoms with Crippen molar-refractivity contribution in [1.29, 1.82) is 0 Å². The van der Waals surface area contributed by atoms with E-state index < -0.39 is 12.5 Å². The number of alkyl halides is 2. The first kappa shape index (κ1) is 13.2. The van der Waals surface area contributed by atoms with Crippen molar-refractivity contribution in [3.63, 3.8) is 0 Å². The normalized spacial score (nSPS) is 10.7. The Kier molecular flexibility index (Phi) is 3.61. The van der Waals surface area contributed by atoms with E-state index in [1.807, 2.05) is 0 Å². The Morgan fingerprint density at radius 2 is 2.16 bits per heavy atom. The number of H-pyrrole nitrogens is 1. The van der Waals surface area contributed by atoms with Gasteiger partial charge in [-0.2, -0.15) is 24.2 Å². The average Bonchev–Trinajstić information content (AvgIpc) is 2.79. The third-order valence-electron chi connectivity index (χ3n) is 2.19. The molecule has 0 unspecified atom stereocenters. The summed E-state index contributed by atoms with van der Waals surface area (Å²) in [5.74, 6) is -1.04. The van der Waals surface area contributed by atoms with Crippen LogP contribution in [0.2, 0.25) is 5.02 Å². The number of primary amides is 1. The van der Waals surface area contributed by atoms with Gasteiger partial charge in [-0.25, -0.2) is 0 Å². The van der Waals surface area contributed by atoms with E-state index in [9.17, 15) is 13.6 Å². The van der Waals surface area contributed by atoms with Crippen molar-refractivity contribution in [1.82, 2.24) is 15.4 Å². The lowest BCUT2D eigenvalue weighted by atomic mass is 10.1. The fraction of sp³-hybridized carbons (Fsp3) is 0.100. The van der Waals surface area contributed by atoms with E-state index in [1.165, 1.54) is 18.2 Å². The summed E-state index contributed by atoms with van der Waals surface area (Å²) in [6, 6.07) is 3.93. The molecule has 2 rings (SSSR count). The molecule has 6 nitrogen and oxygen atoms in total. The minimum Gasteiger partial charge on any atom is -0.434 e. The highest BCUT2D eigenvalue weighted by Gasteiger charge is 2.20. The number of nitrogens with one attached hydrogen (secondary N) is 1. The summed E-state index contributed by atoms with van der Waals surface area (Å²) in [6.45, 7) is -3.02. The van der Waals surface area contributed by atoms with Crippen LogP contribution in [0.4, 0.5) is 8.78 Å². The highest BCUT2D eigenvalue weighted by Crippen LogP contribution is 2.33. The molecule has 19 heavy (non-hydrogen) atoms. The first-order chi connectivity index (χ1) is 8.99. The van der Waals surface area contributed by atoms with Crippen LogP contribution in [0.15, 0.2) is 18.2 Å². The molecule has 0 aliphatic heterocycles. The number of aromatic amines is 1. The number of benzene rings is 1. The van der Waals surface area contributed by atoms with Crippen LogP contribution in [0.1, 0.15) is 10.5 Å². The summed E-state index contributed by atoms with van der Waals surface area (Å²) in [5, 5.41) is 9.69. The fourth-order valence-corrected chi connectivity index (χ4v) is 1.65. The monoisotopic (exact) mass is 288 g/mol. The maximum absolute atomic E-state index is 12.3. The summed E-state index contributed by atoms with van der Waals surface area (Å²) in [5.41, 5.74) is 4.99. The van der Waals surface area contributed by atoms with E-state index in [-0.39, 0.29) is 27.7 Å². The number of hydrogen-bond acceptors (Lipinski definition) is 4. The van der Waals surface area contributed by atoms with Gasteiger partial charge >= 0.3 is 6.61 Å². The third kappa shape index (κ3) is 2.79. The van der Waals surface area contributed by atoms with Crippen LogP contribution < -0.4 is 10.5 Å². The molecular weight excluding hydrogens is 282 g/mol. The molecule has 0 aliphatic carbocycles.